The monoisotopic (exact) mass is 325 g/mol. The van der Waals surface area contributed by atoms with E-state index in [1.807, 2.05) is 18.2 Å². The third-order valence-corrected chi connectivity index (χ3v) is 4.62. The van der Waals surface area contributed by atoms with E-state index in [0.29, 0.717) is 23.2 Å². The molecule has 0 radical (unpaired) electrons. The molecule has 2 N–H and O–H groups in total. The molecule has 1 aromatic heterocycles. The lowest BCUT2D eigenvalue weighted by Crippen LogP contribution is -2.42. The lowest BCUT2D eigenvalue weighted by atomic mass is 9.95. The van der Waals surface area contributed by atoms with Crippen LogP contribution in [0.1, 0.15) is 19.0 Å². The highest BCUT2D eigenvalue weighted by Crippen LogP contribution is 2.31. The van der Waals surface area contributed by atoms with Gasteiger partial charge in [-0.25, -0.2) is 0 Å². The van der Waals surface area contributed by atoms with Gasteiger partial charge in [-0.3, -0.25) is 0 Å². The van der Waals surface area contributed by atoms with Gasteiger partial charge in [0.1, 0.15) is 6.54 Å². The van der Waals surface area contributed by atoms with Gasteiger partial charge >= 0.3 is 6.18 Å². The van der Waals surface area contributed by atoms with E-state index in [2.05, 4.69) is 17.6 Å². The molecule has 6 heteroatoms. The predicted molar refractivity (Wildman–Crippen MR) is 86.8 cm³/mol. The van der Waals surface area contributed by atoms with E-state index in [1.54, 1.807) is 13.0 Å². The third-order valence-electron chi connectivity index (χ3n) is 4.62. The smallest absolute Gasteiger partial charge is 0.381 e. The molecule has 2 heterocycles. The summed E-state index contributed by atoms with van der Waals surface area (Å²) in [4.78, 5) is 0. The Labute approximate surface area is 133 Å². The predicted octanol–water partition coefficient (Wildman–Crippen LogP) is 3.92. The van der Waals surface area contributed by atoms with Crippen molar-refractivity contribution in [1.82, 2.24) is 9.88 Å². The summed E-state index contributed by atoms with van der Waals surface area (Å²) in [7, 11) is 0. The minimum Gasteiger partial charge on any atom is -0.381 e. The molecule has 23 heavy (non-hydrogen) atoms. The summed E-state index contributed by atoms with van der Waals surface area (Å²) >= 11 is 0. The van der Waals surface area contributed by atoms with Gasteiger partial charge in [0.2, 0.25) is 0 Å². The van der Waals surface area contributed by atoms with Crippen molar-refractivity contribution in [3.63, 3.8) is 0 Å². The highest BCUT2D eigenvalue weighted by Gasteiger charge is 2.29. The van der Waals surface area contributed by atoms with Gasteiger partial charge in [-0.1, -0.05) is 13.0 Å². The largest absolute Gasteiger partial charge is 0.406 e. The molecule has 2 atom stereocenters. The van der Waals surface area contributed by atoms with E-state index in [9.17, 15) is 13.2 Å². The van der Waals surface area contributed by atoms with Crippen LogP contribution in [0.5, 0.6) is 0 Å². The van der Waals surface area contributed by atoms with E-state index in [1.165, 1.54) is 4.57 Å². The van der Waals surface area contributed by atoms with Crippen molar-refractivity contribution in [3.05, 3.63) is 30.0 Å². The molecule has 126 valence electrons. The zero-order chi connectivity index (χ0) is 16.6. The molecule has 3 rings (SSSR count). The first-order valence-corrected chi connectivity index (χ1v) is 7.98. The molecule has 2 unspecified atom stereocenters. The van der Waals surface area contributed by atoms with Crippen LogP contribution in [0.25, 0.3) is 10.9 Å². The van der Waals surface area contributed by atoms with Crippen LogP contribution in [0.3, 0.4) is 0 Å². The number of nitrogens with one attached hydrogen (secondary N) is 2. The van der Waals surface area contributed by atoms with Crippen LogP contribution in [0.15, 0.2) is 24.3 Å². The number of piperidine rings is 1. The standard InChI is InChI=1S/C17H22F3N3/c1-11-9-21-7-6-14(11)22-15-4-3-5-16-13(15)8-12(2)23(16)10-17(18,19)20/h3-5,8,11,14,21-22H,6-7,9-10H2,1-2H3. The van der Waals surface area contributed by atoms with Crippen LogP contribution >= 0.6 is 0 Å². The molecule has 0 bridgehead atoms. The molecule has 0 spiro atoms. The Bertz CT molecular complexity index is 690. The molecule has 1 aliphatic heterocycles. The van der Waals surface area contributed by atoms with Gasteiger partial charge in [-0.15, -0.1) is 0 Å². The molecule has 0 aliphatic carbocycles. The Balaban J connectivity index is 1.94. The highest BCUT2D eigenvalue weighted by atomic mass is 19.4. The van der Waals surface area contributed by atoms with Gasteiger partial charge in [-0.05, 0) is 50.6 Å². The number of hydrogen-bond donors (Lipinski definition) is 2. The summed E-state index contributed by atoms with van der Waals surface area (Å²) in [6.07, 6.45) is -3.20. The maximum Gasteiger partial charge on any atom is 0.406 e. The van der Waals surface area contributed by atoms with E-state index in [0.717, 1.165) is 30.6 Å². The van der Waals surface area contributed by atoms with Crippen LogP contribution in [0.2, 0.25) is 0 Å². The molecular formula is C17H22F3N3. The number of rotatable bonds is 3. The first-order valence-electron chi connectivity index (χ1n) is 7.98. The van der Waals surface area contributed by atoms with E-state index in [4.69, 9.17) is 0 Å². The maximum atomic E-state index is 12.8. The maximum absolute atomic E-state index is 12.8. The molecule has 0 saturated carbocycles. The van der Waals surface area contributed by atoms with Gasteiger partial charge in [0.25, 0.3) is 0 Å². The summed E-state index contributed by atoms with van der Waals surface area (Å²) in [5.41, 5.74) is 2.18. The number of hydrogen-bond acceptors (Lipinski definition) is 2. The molecule has 2 aromatic rings. The van der Waals surface area contributed by atoms with Crippen molar-refractivity contribution >= 4 is 16.6 Å². The minimum atomic E-state index is -4.22. The van der Waals surface area contributed by atoms with Crippen molar-refractivity contribution in [1.29, 1.82) is 0 Å². The fourth-order valence-electron chi connectivity index (χ4n) is 3.36. The van der Waals surface area contributed by atoms with Crippen LogP contribution in [-0.4, -0.2) is 29.9 Å². The van der Waals surface area contributed by atoms with E-state index in [-0.39, 0.29) is 0 Å². The SMILES string of the molecule is Cc1cc2c(NC3CCNCC3C)cccc2n1CC(F)(F)F. The number of nitrogens with zero attached hydrogens (tertiary/aromatic N) is 1. The molecule has 1 saturated heterocycles. The summed E-state index contributed by atoms with van der Waals surface area (Å²) in [6, 6.07) is 7.71. The average molecular weight is 325 g/mol. The molecule has 0 amide bonds. The highest BCUT2D eigenvalue weighted by molar-refractivity contribution is 5.93. The number of aryl methyl sites for hydroxylation is 1. The first kappa shape index (κ1) is 16.2. The number of benzene rings is 1. The van der Waals surface area contributed by atoms with Crippen molar-refractivity contribution in [2.75, 3.05) is 18.4 Å². The average Bonchev–Trinajstić information content (AvgIpc) is 2.77. The zero-order valence-electron chi connectivity index (χ0n) is 13.4. The number of alkyl halides is 3. The fourth-order valence-corrected chi connectivity index (χ4v) is 3.36. The van der Waals surface area contributed by atoms with Crippen LogP contribution in [-0.2, 0) is 6.54 Å². The van der Waals surface area contributed by atoms with Crippen LogP contribution in [0, 0.1) is 12.8 Å². The van der Waals surface area contributed by atoms with Crippen molar-refractivity contribution in [2.45, 2.75) is 39.0 Å². The van der Waals surface area contributed by atoms with Gasteiger partial charge in [0.15, 0.2) is 0 Å². The lowest BCUT2D eigenvalue weighted by Gasteiger charge is -2.31. The van der Waals surface area contributed by atoms with E-state index < -0.39 is 12.7 Å². The van der Waals surface area contributed by atoms with E-state index >= 15 is 0 Å². The van der Waals surface area contributed by atoms with Crippen molar-refractivity contribution < 1.29 is 13.2 Å². The van der Waals surface area contributed by atoms with Crippen molar-refractivity contribution in [2.24, 2.45) is 5.92 Å². The molecule has 1 aromatic carbocycles. The topological polar surface area (TPSA) is 29.0 Å². The normalized spacial score (nSPS) is 22.5. The molecule has 1 aliphatic rings. The zero-order valence-corrected chi connectivity index (χ0v) is 13.4. The summed E-state index contributed by atoms with van der Waals surface area (Å²) < 4.78 is 39.8. The molecule has 1 fully saturated rings. The summed E-state index contributed by atoms with van der Waals surface area (Å²) in [6.45, 7) is 4.89. The Hall–Kier alpha value is -1.69. The van der Waals surface area contributed by atoms with Gasteiger partial charge in [0, 0.05) is 22.8 Å². The number of anilines is 1. The van der Waals surface area contributed by atoms with Gasteiger partial charge < -0.3 is 15.2 Å². The Kier molecular flexibility index (Phi) is 4.27. The molecule has 3 nitrogen and oxygen atoms in total. The lowest BCUT2D eigenvalue weighted by molar-refractivity contribution is -0.140. The molecular weight excluding hydrogens is 303 g/mol. The Morgan fingerprint density at radius 2 is 2.13 bits per heavy atom. The van der Waals surface area contributed by atoms with Crippen LogP contribution in [0.4, 0.5) is 18.9 Å². The minimum absolute atomic E-state index is 0.341. The number of halogens is 3. The third kappa shape index (κ3) is 3.47. The Morgan fingerprint density at radius 3 is 2.83 bits per heavy atom. The first-order chi connectivity index (χ1) is 10.8. The second-order valence-corrected chi connectivity index (χ2v) is 6.45. The van der Waals surface area contributed by atoms with Gasteiger partial charge in [0.05, 0.1) is 5.52 Å². The number of fused-ring (bicyclic) bond motifs is 1. The van der Waals surface area contributed by atoms with Crippen molar-refractivity contribution in [3.8, 4) is 0 Å². The second kappa shape index (κ2) is 6.07. The quantitative estimate of drug-likeness (QED) is 0.895. The summed E-state index contributed by atoms with van der Waals surface area (Å²) in [5, 5.41) is 7.76. The second-order valence-electron chi connectivity index (χ2n) is 6.45. The van der Waals surface area contributed by atoms with Crippen LogP contribution < -0.4 is 10.6 Å². The number of aromatic nitrogens is 1. The Morgan fingerprint density at radius 1 is 1.35 bits per heavy atom. The fraction of sp³-hybridized carbons (Fsp3) is 0.529. The summed E-state index contributed by atoms with van der Waals surface area (Å²) in [5.74, 6) is 0.484. The van der Waals surface area contributed by atoms with Gasteiger partial charge in [-0.2, -0.15) is 13.2 Å².